The normalized spacial score (nSPS) is 36.0. The van der Waals surface area contributed by atoms with Crippen molar-refractivity contribution in [3.63, 3.8) is 0 Å². The number of hydrogen-bond acceptors (Lipinski definition) is 2. The van der Waals surface area contributed by atoms with E-state index in [0.29, 0.717) is 6.04 Å². The predicted molar refractivity (Wildman–Crippen MR) is 55.6 cm³/mol. The first-order chi connectivity index (χ1) is 6.16. The lowest BCUT2D eigenvalue weighted by atomic mass is 10.0. The van der Waals surface area contributed by atoms with Gasteiger partial charge in [-0.15, -0.1) is 0 Å². The summed E-state index contributed by atoms with van der Waals surface area (Å²) in [4.78, 5) is 2.67. The molecular weight excluding hydrogens is 160 g/mol. The minimum absolute atomic E-state index is 0.448. The van der Waals surface area contributed by atoms with Gasteiger partial charge >= 0.3 is 0 Å². The van der Waals surface area contributed by atoms with Crippen molar-refractivity contribution in [2.24, 2.45) is 11.7 Å². The molecule has 1 aliphatic heterocycles. The molecule has 0 aromatic rings. The van der Waals surface area contributed by atoms with Crippen LogP contribution in [0.15, 0.2) is 0 Å². The van der Waals surface area contributed by atoms with Gasteiger partial charge in [0.25, 0.3) is 0 Å². The van der Waals surface area contributed by atoms with E-state index in [1.165, 1.54) is 25.7 Å². The zero-order chi connectivity index (χ0) is 9.42. The van der Waals surface area contributed by atoms with Crippen LogP contribution in [0, 0.1) is 5.92 Å². The highest BCUT2D eigenvalue weighted by Gasteiger charge is 2.39. The molecule has 2 nitrogen and oxygen atoms in total. The van der Waals surface area contributed by atoms with Crippen LogP contribution in [-0.4, -0.2) is 29.6 Å². The van der Waals surface area contributed by atoms with Crippen LogP contribution in [0.1, 0.15) is 39.5 Å². The Balaban J connectivity index is 1.91. The quantitative estimate of drug-likeness (QED) is 0.718. The Morgan fingerprint density at radius 1 is 1.38 bits per heavy atom. The van der Waals surface area contributed by atoms with Gasteiger partial charge in [0.15, 0.2) is 0 Å². The Kier molecular flexibility index (Phi) is 2.61. The minimum Gasteiger partial charge on any atom is -0.326 e. The molecule has 2 fully saturated rings. The molecule has 0 spiro atoms. The van der Waals surface area contributed by atoms with Crippen LogP contribution in [0.5, 0.6) is 0 Å². The van der Waals surface area contributed by atoms with Crippen molar-refractivity contribution in [2.45, 2.75) is 57.7 Å². The number of likely N-dealkylation sites (tertiary alicyclic amines) is 1. The second-order valence-electron chi connectivity index (χ2n) is 5.21. The van der Waals surface area contributed by atoms with Crippen molar-refractivity contribution >= 4 is 0 Å². The molecule has 2 heteroatoms. The fraction of sp³-hybridized carbons (Fsp3) is 1.00. The van der Waals surface area contributed by atoms with Crippen LogP contribution in [0.4, 0.5) is 0 Å². The average molecular weight is 182 g/mol. The fourth-order valence-electron chi connectivity index (χ4n) is 2.61. The lowest BCUT2D eigenvalue weighted by molar-refractivity contribution is 0.216. The lowest BCUT2D eigenvalue weighted by Gasteiger charge is -2.25. The van der Waals surface area contributed by atoms with Crippen molar-refractivity contribution < 1.29 is 0 Å². The summed E-state index contributed by atoms with van der Waals surface area (Å²) in [6.07, 6.45) is 5.40. The Morgan fingerprint density at radius 2 is 2.08 bits per heavy atom. The highest BCUT2D eigenvalue weighted by molar-refractivity contribution is 4.96. The fourth-order valence-corrected chi connectivity index (χ4v) is 2.61. The van der Waals surface area contributed by atoms with Gasteiger partial charge in [-0.2, -0.15) is 0 Å². The van der Waals surface area contributed by atoms with E-state index in [0.717, 1.165) is 24.5 Å². The molecule has 0 amide bonds. The molecule has 2 unspecified atom stereocenters. The van der Waals surface area contributed by atoms with Gasteiger partial charge in [0.1, 0.15) is 0 Å². The first-order valence-electron chi connectivity index (χ1n) is 5.68. The van der Waals surface area contributed by atoms with Crippen LogP contribution in [-0.2, 0) is 0 Å². The zero-order valence-electron chi connectivity index (χ0n) is 8.87. The molecule has 2 aliphatic rings. The molecule has 2 rings (SSSR count). The Morgan fingerprint density at radius 3 is 2.62 bits per heavy atom. The second kappa shape index (κ2) is 3.58. The van der Waals surface area contributed by atoms with Crippen LogP contribution in [0.3, 0.4) is 0 Å². The lowest BCUT2D eigenvalue weighted by Crippen LogP contribution is -2.33. The van der Waals surface area contributed by atoms with E-state index in [1.807, 2.05) is 0 Å². The van der Waals surface area contributed by atoms with Gasteiger partial charge in [-0.25, -0.2) is 0 Å². The molecule has 0 radical (unpaired) electrons. The van der Waals surface area contributed by atoms with Crippen molar-refractivity contribution in [1.82, 2.24) is 4.90 Å². The number of rotatable bonds is 3. The monoisotopic (exact) mass is 182 g/mol. The first-order valence-corrected chi connectivity index (χ1v) is 5.68. The maximum Gasteiger partial charge on any atom is 0.0183 e. The van der Waals surface area contributed by atoms with Gasteiger partial charge in [0, 0.05) is 24.7 Å². The van der Waals surface area contributed by atoms with Gasteiger partial charge < -0.3 is 5.73 Å². The van der Waals surface area contributed by atoms with Crippen LogP contribution in [0.25, 0.3) is 0 Å². The molecule has 2 atom stereocenters. The molecule has 76 valence electrons. The molecule has 13 heavy (non-hydrogen) atoms. The molecule has 1 heterocycles. The van der Waals surface area contributed by atoms with Gasteiger partial charge in [0.2, 0.25) is 0 Å². The van der Waals surface area contributed by atoms with Crippen molar-refractivity contribution in [2.75, 3.05) is 6.54 Å². The molecular formula is C11H22N2. The smallest absolute Gasteiger partial charge is 0.0183 e. The third-order valence-corrected chi connectivity index (χ3v) is 3.25. The van der Waals surface area contributed by atoms with E-state index >= 15 is 0 Å². The van der Waals surface area contributed by atoms with Crippen molar-refractivity contribution in [1.29, 1.82) is 0 Å². The topological polar surface area (TPSA) is 29.3 Å². The maximum atomic E-state index is 6.02. The highest BCUT2D eigenvalue weighted by atomic mass is 15.2. The average Bonchev–Trinajstić information content (AvgIpc) is 2.77. The summed E-state index contributed by atoms with van der Waals surface area (Å²) in [5.41, 5.74) is 6.02. The minimum atomic E-state index is 0.448. The summed E-state index contributed by atoms with van der Waals surface area (Å²) in [5.74, 6) is 0.816. The Bertz CT molecular complexity index is 175. The number of nitrogens with two attached hydrogens (primary N) is 1. The van der Waals surface area contributed by atoms with Gasteiger partial charge in [-0.05, 0) is 31.6 Å². The first kappa shape index (κ1) is 9.47. The highest BCUT2D eigenvalue weighted by Crippen LogP contribution is 2.35. The summed E-state index contributed by atoms with van der Waals surface area (Å²) in [7, 11) is 0. The summed E-state index contributed by atoms with van der Waals surface area (Å²) in [6.45, 7) is 5.78. The largest absolute Gasteiger partial charge is 0.326 e. The maximum absolute atomic E-state index is 6.02. The number of nitrogens with zero attached hydrogens (tertiary/aromatic N) is 1. The van der Waals surface area contributed by atoms with E-state index in [1.54, 1.807) is 0 Å². The zero-order valence-corrected chi connectivity index (χ0v) is 8.87. The van der Waals surface area contributed by atoms with E-state index in [2.05, 4.69) is 18.7 Å². The standard InChI is InChI=1S/C11H22N2/c1-8(2)5-11-6-9(12)7-13(11)10-3-4-10/h8-11H,3-7,12H2,1-2H3. The molecule has 1 aliphatic carbocycles. The third kappa shape index (κ3) is 2.23. The van der Waals surface area contributed by atoms with Crippen LogP contribution < -0.4 is 5.73 Å². The number of hydrogen-bond donors (Lipinski definition) is 1. The second-order valence-corrected chi connectivity index (χ2v) is 5.21. The SMILES string of the molecule is CC(C)CC1CC(N)CN1C1CC1. The van der Waals surface area contributed by atoms with E-state index < -0.39 is 0 Å². The van der Waals surface area contributed by atoms with E-state index in [9.17, 15) is 0 Å². The predicted octanol–water partition coefficient (Wildman–Crippen LogP) is 1.60. The van der Waals surface area contributed by atoms with E-state index in [4.69, 9.17) is 5.73 Å². The molecule has 0 bridgehead atoms. The molecule has 1 saturated heterocycles. The Hall–Kier alpha value is -0.0800. The summed E-state index contributed by atoms with van der Waals surface area (Å²) >= 11 is 0. The molecule has 1 saturated carbocycles. The van der Waals surface area contributed by atoms with Gasteiger partial charge in [-0.1, -0.05) is 13.8 Å². The third-order valence-electron chi connectivity index (χ3n) is 3.25. The summed E-state index contributed by atoms with van der Waals surface area (Å²) in [5, 5.41) is 0. The van der Waals surface area contributed by atoms with Gasteiger partial charge in [-0.3, -0.25) is 4.90 Å². The summed E-state index contributed by atoms with van der Waals surface area (Å²) in [6, 6.07) is 2.14. The van der Waals surface area contributed by atoms with Crippen LogP contribution >= 0.6 is 0 Å². The van der Waals surface area contributed by atoms with Crippen LogP contribution in [0.2, 0.25) is 0 Å². The Labute approximate surface area is 81.5 Å². The van der Waals surface area contributed by atoms with Crippen molar-refractivity contribution in [3.05, 3.63) is 0 Å². The summed E-state index contributed by atoms with van der Waals surface area (Å²) < 4.78 is 0. The molecule has 0 aromatic carbocycles. The van der Waals surface area contributed by atoms with Crippen molar-refractivity contribution in [3.8, 4) is 0 Å². The molecule has 0 aromatic heterocycles. The van der Waals surface area contributed by atoms with E-state index in [-0.39, 0.29) is 0 Å². The van der Waals surface area contributed by atoms with Gasteiger partial charge in [0.05, 0.1) is 0 Å². The molecule has 2 N–H and O–H groups in total.